The Morgan fingerprint density at radius 2 is 2.03 bits per heavy atom. The summed E-state index contributed by atoms with van der Waals surface area (Å²) >= 11 is 6.18. The van der Waals surface area contributed by atoms with Crippen LogP contribution in [0.15, 0.2) is 52.8 Å². The molecule has 0 saturated heterocycles. The van der Waals surface area contributed by atoms with Crippen LogP contribution in [-0.2, 0) is 0 Å². The zero-order valence-electron chi connectivity index (χ0n) is 19.1. The predicted octanol–water partition coefficient (Wildman–Crippen LogP) is 6.10. The maximum absolute atomic E-state index is 14.2. The summed E-state index contributed by atoms with van der Waals surface area (Å²) in [5.41, 5.74) is 1.45. The van der Waals surface area contributed by atoms with Crippen LogP contribution in [0.4, 0.5) is 10.1 Å². The van der Waals surface area contributed by atoms with E-state index in [1.807, 2.05) is 38.1 Å². The van der Waals surface area contributed by atoms with Crippen LogP contribution in [-0.4, -0.2) is 43.3 Å². The largest absolute Gasteiger partial charge is 0.375 e. The summed E-state index contributed by atoms with van der Waals surface area (Å²) in [6.45, 7) is 15.6. The SMILES string of the molecule is C=CCN[C@@H](C)[C@@H](C)C(C)/N=N\N(C)CCC(Nc1c(F)cccc1Cl)/C(C)=C/C. The van der Waals surface area contributed by atoms with Crippen LogP contribution in [0.1, 0.15) is 41.0 Å². The van der Waals surface area contributed by atoms with E-state index in [1.165, 1.54) is 6.07 Å². The average molecular weight is 438 g/mol. The molecule has 2 unspecified atom stereocenters. The van der Waals surface area contributed by atoms with Crippen LogP contribution >= 0.6 is 11.6 Å². The first-order chi connectivity index (χ1) is 14.2. The second kappa shape index (κ2) is 13.4. The fourth-order valence-corrected chi connectivity index (χ4v) is 3.15. The monoisotopic (exact) mass is 437 g/mol. The number of para-hydroxylation sites is 1. The second-order valence-corrected chi connectivity index (χ2v) is 8.19. The van der Waals surface area contributed by atoms with Crippen LogP contribution in [0.2, 0.25) is 5.02 Å². The Labute approximate surface area is 186 Å². The highest BCUT2D eigenvalue weighted by Crippen LogP contribution is 2.27. The fraction of sp³-hybridized carbons (Fsp3) is 0.565. The van der Waals surface area contributed by atoms with Crippen molar-refractivity contribution < 1.29 is 4.39 Å². The van der Waals surface area contributed by atoms with Crippen LogP contribution < -0.4 is 10.6 Å². The molecule has 0 aliphatic carbocycles. The van der Waals surface area contributed by atoms with E-state index in [1.54, 1.807) is 12.1 Å². The molecule has 0 aliphatic rings. The maximum Gasteiger partial charge on any atom is 0.147 e. The zero-order chi connectivity index (χ0) is 22.7. The Morgan fingerprint density at radius 1 is 1.33 bits per heavy atom. The van der Waals surface area contributed by atoms with E-state index in [4.69, 9.17) is 11.6 Å². The molecule has 0 heterocycles. The third kappa shape index (κ3) is 8.44. The van der Waals surface area contributed by atoms with Gasteiger partial charge in [-0.3, -0.25) is 5.01 Å². The third-order valence-electron chi connectivity index (χ3n) is 5.55. The third-order valence-corrected chi connectivity index (χ3v) is 5.86. The lowest BCUT2D eigenvalue weighted by atomic mass is 9.96. The lowest BCUT2D eigenvalue weighted by Gasteiger charge is -2.25. The number of benzene rings is 1. The van der Waals surface area contributed by atoms with Crippen molar-refractivity contribution in [2.24, 2.45) is 16.3 Å². The van der Waals surface area contributed by atoms with E-state index in [2.05, 4.69) is 48.3 Å². The summed E-state index contributed by atoms with van der Waals surface area (Å²) in [5.74, 6) is -0.0172. The fourth-order valence-electron chi connectivity index (χ4n) is 2.93. The van der Waals surface area contributed by atoms with E-state index in [-0.39, 0.29) is 17.9 Å². The van der Waals surface area contributed by atoms with Gasteiger partial charge >= 0.3 is 0 Å². The molecule has 0 aromatic heterocycles. The number of allylic oxidation sites excluding steroid dienone is 1. The van der Waals surface area contributed by atoms with Gasteiger partial charge in [0.15, 0.2) is 0 Å². The summed E-state index contributed by atoms with van der Waals surface area (Å²) in [4.78, 5) is 0. The molecule has 168 valence electrons. The summed E-state index contributed by atoms with van der Waals surface area (Å²) in [7, 11) is 1.90. The van der Waals surface area contributed by atoms with Crippen molar-refractivity contribution in [2.45, 2.75) is 59.2 Å². The van der Waals surface area contributed by atoms with Gasteiger partial charge in [0, 0.05) is 32.2 Å². The van der Waals surface area contributed by atoms with Crippen LogP contribution in [0.3, 0.4) is 0 Å². The first-order valence-electron chi connectivity index (χ1n) is 10.5. The minimum Gasteiger partial charge on any atom is -0.375 e. The number of nitrogens with one attached hydrogen (secondary N) is 2. The van der Waals surface area contributed by atoms with Crippen LogP contribution in [0, 0.1) is 11.7 Å². The molecule has 0 radical (unpaired) electrons. The van der Waals surface area contributed by atoms with Crippen LogP contribution in [0.5, 0.6) is 0 Å². The lowest BCUT2D eigenvalue weighted by Crippen LogP contribution is -2.36. The van der Waals surface area contributed by atoms with Gasteiger partial charge in [-0.25, -0.2) is 4.39 Å². The molecule has 5 nitrogen and oxygen atoms in total. The highest BCUT2D eigenvalue weighted by molar-refractivity contribution is 6.33. The number of halogens is 2. The van der Waals surface area contributed by atoms with Crippen molar-refractivity contribution >= 4 is 17.3 Å². The average Bonchev–Trinajstić information content (AvgIpc) is 2.73. The molecule has 1 aromatic carbocycles. The highest BCUT2D eigenvalue weighted by Gasteiger charge is 2.19. The normalized spacial score (nSPS) is 16.2. The first kappa shape index (κ1) is 26.1. The van der Waals surface area contributed by atoms with Crippen molar-refractivity contribution in [3.8, 4) is 0 Å². The Kier molecular flexibility index (Phi) is 11.7. The predicted molar refractivity (Wildman–Crippen MR) is 127 cm³/mol. The highest BCUT2D eigenvalue weighted by atomic mass is 35.5. The molecule has 0 spiro atoms. The summed E-state index contributed by atoms with van der Waals surface area (Å²) in [6.07, 6.45) is 4.61. The molecular weight excluding hydrogens is 401 g/mol. The van der Waals surface area contributed by atoms with E-state index >= 15 is 0 Å². The van der Waals surface area contributed by atoms with Crippen molar-refractivity contribution in [1.29, 1.82) is 0 Å². The molecule has 0 bridgehead atoms. The van der Waals surface area contributed by atoms with Gasteiger partial charge in [-0.15, -0.1) is 6.58 Å². The van der Waals surface area contributed by atoms with Gasteiger partial charge in [-0.1, -0.05) is 47.5 Å². The molecule has 0 fully saturated rings. The molecule has 0 aliphatic heterocycles. The first-order valence-corrected chi connectivity index (χ1v) is 10.9. The standard InChI is InChI=1S/C23H37ClFN5/c1-8-14-26-18(5)17(4)19(6)28-29-30(7)15-13-22(16(3)9-2)27-23-20(24)11-10-12-21(23)25/h8-12,17-19,22,26-27H,1,13-15H2,2-7H3/b16-9+,29-28-/t17-,18+,19?,22?/m1/s1. The molecule has 1 rings (SSSR count). The Balaban J connectivity index is 2.68. The summed E-state index contributed by atoms with van der Waals surface area (Å²) in [5, 5.41) is 17.7. The Morgan fingerprint density at radius 3 is 2.63 bits per heavy atom. The molecule has 4 atom stereocenters. The number of nitrogens with zero attached hydrogens (tertiary/aromatic N) is 3. The Hall–Kier alpha value is -1.92. The number of rotatable bonds is 13. The van der Waals surface area contributed by atoms with Gasteiger partial charge in [-0.2, -0.15) is 5.11 Å². The zero-order valence-corrected chi connectivity index (χ0v) is 19.9. The molecule has 0 amide bonds. The van der Waals surface area contributed by atoms with Gasteiger partial charge in [0.25, 0.3) is 0 Å². The van der Waals surface area contributed by atoms with Gasteiger partial charge in [0.1, 0.15) is 5.82 Å². The molecule has 30 heavy (non-hydrogen) atoms. The van der Waals surface area contributed by atoms with Gasteiger partial charge in [0.05, 0.1) is 16.8 Å². The molecular formula is C23H37ClFN5. The van der Waals surface area contributed by atoms with E-state index in [0.717, 1.165) is 18.5 Å². The van der Waals surface area contributed by atoms with Crippen molar-refractivity contribution in [3.05, 3.63) is 53.3 Å². The summed E-state index contributed by atoms with van der Waals surface area (Å²) < 4.78 is 14.2. The number of hydrogen-bond donors (Lipinski definition) is 2. The summed E-state index contributed by atoms with van der Waals surface area (Å²) in [6, 6.07) is 5.04. The Bertz CT molecular complexity index is 701. The van der Waals surface area contributed by atoms with Crippen molar-refractivity contribution in [1.82, 2.24) is 10.3 Å². The lowest BCUT2D eigenvalue weighted by molar-refractivity contribution is 0.288. The number of hydrogen-bond acceptors (Lipinski definition) is 4. The maximum atomic E-state index is 14.2. The molecule has 1 aromatic rings. The minimum absolute atomic E-state index is 0.0541. The van der Waals surface area contributed by atoms with Crippen molar-refractivity contribution in [2.75, 3.05) is 25.5 Å². The number of anilines is 1. The van der Waals surface area contributed by atoms with Crippen LogP contribution in [0.25, 0.3) is 0 Å². The van der Waals surface area contributed by atoms with Gasteiger partial charge in [-0.05, 0) is 52.2 Å². The molecule has 7 heteroatoms. The molecule has 2 N–H and O–H groups in total. The van der Waals surface area contributed by atoms with E-state index in [9.17, 15) is 4.39 Å². The quantitative estimate of drug-likeness (QED) is 0.222. The van der Waals surface area contributed by atoms with Gasteiger partial charge < -0.3 is 10.6 Å². The minimum atomic E-state index is -0.355. The van der Waals surface area contributed by atoms with E-state index < -0.39 is 0 Å². The molecule has 0 saturated carbocycles. The smallest absolute Gasteiger partial charge is 0.147 e. The van der Waals surface area contributed by atoms with Gasteiger partial charge in [0.2, 0.25) is 0 Å². The second-order valence-electron chi connectivity index (χ2n) is 7.79. The van der Waals surface area contributed by atoms with E-state index in [0.29, 0.717) is 29.2 Å². The topological polar surface area (TPSA) is 52.0 Å². The van der Waals surface area contributed by atoms with Crippen molar-refractivity contribution in [3.63, 3.8) is 0 Å².